The fraction of sp³-hybridized carbons (Fsp3) is 0.463. The van der Waals surface area contributed by atoms with Gasteiger partial charge in [-0.1, -0.05) is 31.0 Å². The number of benzene rings is 3. The molecule has 12 heteroatoms. The van der Waals surface area contributed by atoms with Crippen LogP contribution in [0.25, 0.3) is 33.4 Å². The van der Waals surface area contributed by atoms with E-state index in [0.29, 0.717) is 31.7 Å². The quantitative estimate of drug-likeness (QED) is 0.0551. The zero-order chi connectivity index (χ0) is 38.3. The Bertz CT molecular complexity index is 1920. The highest BCUT2D eigenvalue weighted by molar-refractivity contribution is 7.45. The molecule has 1 atom stereocenters. The number of fused-ring (bicyclic) bond motifs is 2. The molecule has 2 aromatic carbocycles. The maximum absolute atomic E-state index is 14.0. The summed E-state index contributed by atoms with van der Waals surface area (Å²) in [6.07, 6.45) is 3.40. The van der Waals surface area contributed by atoms with Gasteiger partial charge in [-0.05, 0) is 95.3 Å². The smallest absolute Gasteiger partial charge is 0.407 e. The highest BCUT2D eigenvalue weighted by Crippen LogP contribution is 2.42. The van der Waals surface area contributed by atoms with Gasteiger partial charge in [-0.25, -0.2) is 14.9 Å². The van der Waals surface area contributed by atoms with Gasteiger partial charge < -0.3 is 28.4 Å². The molecule has 53 heavy (non-hydrogen) atoms. The molecule has 1 unspecified atom stereocenters. The van der Waals surface area contributed by atoms with Crippen LogP contribution in [-0.2, 0) is 13.8 Å². The molecule has 1 aliphatic heterocycles. The van der Waals surface area contributed by atoms with Crippen LogP contribution < -0.4 is 20.8 Å². The summed E-state index contributed by atoms with van der Waals surface area (Å²) in [4.78, 5) is 31.4. The molecule has 2 aliphatic rings. The van der Waals surface area contributed by atoms with Gasteiger partial charge in [0.05, 0.1) is 38.3 Å². The average molecular weight is 745 g/mol. The molecule has 0 spiro atoms. The number of likely N-dealkylation sites (N-methyl/N-ethyl adjacent to an activating group) is 1. The monoisotopic (exact) mass is 744 g/mol. The van der Waals surface area contributed by atoms with E-state index in [1.54, 1.807) is 11.9 Å². The average Bonchev–Trinajstić information content (AvgIpc) is 3.12. The number of ether oxygens (including phenoxy) is 1. The van der Waals surface area contributed by atoms with E-state index in [1.165, 1.54) is 0 Å². The fourth-order valence-corrected chi connectivity index (χ4v) is 7.11. The lowest BCUT2D eigenvalue weighted by Gasteiger charge is -2.22. The van der Waals surface area contributed by atoms with E-state index in [1.807, 2.05) is 44.2 Å². The Morgan fingerprint density at radius 3 is 2.43 bits per heavy atom. The molecular formula is C41H55N5O6P+. The van der Waals surface area contributed by atoms with Gasteiger partial charge in [0.1, 0.15) is 24.5 Å². The van der Waals surface area contributed by atoms with Crippen LogP contribution in [0.15, 0.2) is 52.9 Å². The molecule has 0 saturated carbocycles. The number of nitrogens with zero attached hydrogens (tertiary/aromatic N) is 2. The lowest BCUT2D eigenvalue weighted by Crippen LogP contribution is -2.76. The Kier molecular flexibility index (Phi) is 16.2. The van der Waals surface area contributed by atoms with E-state index in [2.05, 4.69) is 67.4 Å². The second kappa shape index (κ2) is 20.8. The minimum Gasteiger partial charge on any atom is -0.456 e. The second-order valence-electron chi connectivity index (χ2n) is 13.5. The Morgan fingerprint density at radius 1 is 0.943 bits per heavy atom. The molecule has 0 fully saturated rings. The van der Waals surface area contributed by atoms with Crippen LogP contribution in [0.1, 0.15) is 79.9 Å². The number of nitrogens with one attached hydrogen (secondary N) is 3. The van der Waals surface area contributed by atoms with Gasteiger partial charge in [-0.2, -0.15) is 5.26 Å². The Labute approximate surface area is 315 Å². The number of aryl methyl sites for hydroxylation is 3. The molecule has 0 radical (unpaired) electrons. The SMILES string of the molecule is CC[NH+]=c1cc2oc3cc(C)c(C)cc3c(-c3ccccc3C(=O)N(C)CCOC(=O)NCCCCCCOP(NC(C)C)OCCC#N)c-2cc1C. The maximum Gasteiger partial charge on any atom is 0.407 e. The molecule has 1 aliphatic carbocycles. The van der Waals surface area contributed by atoms with Crippen LogP contribution in [0.2, 0.25) is 0 Å². The third-order valence-electron chi connectivity index (χ3n) is 8.82. The number of carbonyl (C=O) groups excluding carboxylic acids is 2. The molecule has 0 saturated heterocycles. The van der Waals surface area contributed by atoms with Gasteiger partial charge in [0.2, 0.25) is 5.36 Å². The number of alkyl carbamates (subject to hydrolysis) is 1. The van der Waals surface area contributed by atoms with Crippen molar-refractivity contribution >= 4 is 31.5 Å². The molecule has 1 heterocycles. The highest BCUT2D eigenvalue weighted by Gasteiger charge is 2.24. The van der Waals surface area contributed by atoms with Crippen molar-refractivity contribution in [2.45, 2.75) is 79.7 Å². The number of hydrogen-bond acceptors (Lipinski definition) is 8. The topological polar surface area (TPSA) is 140 Å². The number of nitriles is 1. The van der Waals surface area contributed by atoms with Gasteiger partial charge in [0.15, 0.2) is 0 Å². The molecule has 2 amide bonds. The first-order chi connectivity index (χ1) is 25.5. The summed E-state index contributed by atoms with van der Waals surface area (Å²) in [5.74, 6) is 0.575. The highest BCUT2D eigenvalue weighted by atomic mass is 31.2. The van der Waals surface area contributed by atoms with Crippen molar-refractivity contribution in [3.8, 4) is 28.5 Å². The van der Waals surface area contributed by atoms with Crippen LogP contribution in [0.4, 0.5) is 4.79 Å². The molecule has 284 valence electrons. The number of amides is 2. The summed E-state index contributed by atoms with van der Waals surface area (Å²) in [7, 11) is 0.511. The lowest BCUT2D eigenvalue weighted by molar-refractivity contribution is -0.496. The largest absolute Gasteiger partial charge is 0.456 e. The van der Waals surface area contributed by atoms with Gasteiger partial charge >= 0.3 is 6.09 Å². The molecule has 0 bridgehead atoms. The van der Waals surface area contributed by atoms with E-state index < -0.39 is 14.6 Å². The van der Waals surface area contributed by atoms with Crippen LogP contribution in [0.3, 0.4) is 0 Å². The summed E-state index contributed by atoms with van der Waals surface area (Å²) in [6, 6.07) is 18.3. The van der Waals surface area contributed by atoms with E-state index >= 15 is 0 Å². The van der Waals surface area contributed by atoms with Gasteiger partial charge in [-0.15, -0.1) is 0 Å². The predicted molar refractivity (Wildman–Crippen MR) is 209 cm³/mol. The maximum atomic E-state index is 14.0. The minimum atomic E-state index is -1.21. The van der Waals surface area contributed by atoms with Crippen molar-refractivity contribution in [2.75, 3.05) is 46.5 Å². The molecule has 0 aromatic heterocycles. The zero-order valence-electron chi connectivity index (χ0n) is 32.3. The molecule has 11 nitrogen and oxygen atoms in total. The second-order valence-corrected chi connectivity index (χ2v) is 14.8. The van der Waals surface area contributed by atoms with E-state index in [0.717, 1.165) is 87.7 Å². The van der Waals surface area contributed by atoms with Crippen LogP contribution in [0.5, 0.6) is 0 Å². The molecule has 3 N–H and O–H groups in total. The Morgan fingerprint density at radius 2 is 1.68 bits per heavy atom. The van der Waals surface area contributed by atoms with Crippen LogP contribution in [0, 0.1) is 32.1 Å². The van der Waals surface area contributed by atoms with Crippen molar-refractivity contribution in [2.24, 2.45) is 0 Å². The van der Waals surface area contributed by atoms with E-state index in [4.69, 9.17) is 23.5 Å². The van der Waals surface area contributed by atoms with E-state index in [9.17, 15) is 9.59 Å². The van der Waals surface area contributed by atoms with Crippen molar-refractivity contribution in [3.05, 3.63) is 76.1 Å². The summed E-state index contributed by atoms with van der Waals surface area (Å²) in [5.41, 5.74) is 7.37. The summed E-state index contributed by atoms with van der Waals surface area (Å²) < 4.78 is 23.4. The Balaban J connectivity index is 1.32. The van der Waals surface area contributed by atoms with Crippen molar-refractivity contribution < 1.29 is 32.8 Å². The summed E-state index contributed by atoms with van der Waals surface area (Å²) in [5, 5.41) is 16.7. The standard InChI is InChI=1S/C41H54N5O6P/c1-8-43-36-27-38-35(25-31(36)6)39(34-24-29(4)30(5)26-37(34)52-38)32-16-11-12-17-33(32)40(47)46(7)20-23-49-41(48)44-19-13-9-10-14-21-50-53(45-28(2)3)51-22-15-18-42/h11-12,16-17,24-28,45H,8-10,13-15,19-23H2,1-7H3,(H,44,48)/p+1. The first-order valence-electron chi connectivity index (χ1n) is 18.5. The van der Waals surface area contributed by atoms with Crippen molar-refractivity contribution in [3.63, 3.8) is 0 Å². The Hall–Kier alpha value is -4.33. The first-order valence-corrected chi connectivity index (χ1v) is 19.7. The third-order valence-corrected chi connectivity index (χ3v) is 10.4. The molecule has 4 rings (SSSR count). The number of hydrogen-bond donors (Lipinski definition) is 3. The van der Waals surface area contributed by atoms with Gasteiger partial charge in [-0.3, -0.25) is 4.79 Å². The normalized spacial score (nSPS) is 12.3. The molecular weight excluding hydrogens is 689 g/mol. The van der Waals surface area contributed by atoms with Gasteiger partial charge in [0, 0.05) is 47.3 Å². The van der Waals surface area contributed by atoms with Crippen molar-refractivity contribution in [1.29, 1.82) is 5.26 Å². The fourth-order valence-electron chi connectivity index (χ4n) is 5.91. The number of unbranched alkanes of at least 4 members (excludes halogenated alkanes) is 3. The predicted octanol–water partition coefficient (Wildman–Crippen LogP) is 6.66. The first kappa shape index (κ1) is 41.4. The minimum absolute atomic E-state index is 0.0678. The van der Waals surface area contributed by atoms with Crippen molar-refractivity contribution in [1.82, 2.24) is 15.3 Å². The molecule has 2 aromatic rings. The van der Waals surface area contributed by atoms with E-state index in [-0.39, 0.29) is 25.1 Å². The van der Waals surface area contributed by atoms with Crippen LogP contribution in [-0.4, -0.2) is 69.4 Å². The third kappa shape index (κ3) is 11.8. The van der Waals surface area contributed by atoms with Gasteiger partial charge in [0.25, 0.3) is 14.4 Å². The zero-order valence-corrected chi connectivity index (χ0v) is 33.2. The number of carbonyl (C=O) groups is 2. The van der Waals surface area contributed by atoms with Crippen LogP contribution >= 0.6 is 8.53 Å². The lowest BCUT2D eigenvalue weighted by atomic mass is 9.88. The number of rotatable bonds is 19. The summed E-state index contributed by atoms with van der Waals surface area (Å²) in [6.45, 7) is 14.9. The summed E-state index contributed by atoms with van der Waals surface area (Å²) >= 11 is 0.